The van der Waals surface area contributed by atoms with Crippen molar-refractivity contribution in [2.45, 2.75) is 33.0 Å². The molecule has 0 fully saturated rings. The first-order valence-corrected chi connectivity index (χ1v) is 8.09. The first-order chi connectivity index (χ1) is 9.75. The first-order valence-electron chi connectivity index (χ1n) is 6.44. The lowest BCUT2D eigenvalue weighted by Crippen LogP contribution is -2.36. The monoisotopic (exact) mass is 316 g/mol. The number of rotatable bonds is 7. The molecule has 0 aliphatic rings. The molecule has 8 heteroatoms. The van der Waals surface area contributed by atoms with Crippen LogP contribution in [0.1, 0.15) is 31.1 Å². The van der Waals surface area contributed by atoms with E-state index in [-0.39, 0.29) is 23.3 Å². The minimum absolute atomic E-state index is 0.0693. The van der Waals surface area contributed by atoms with Crippen LogP contribution in [-0.4, -0.2) is 44.4 Å². The molecule has 21 heavy (non-hydrogen) atoms. The van der Waals surface area contributed by atoms with Crippen molar-refractivity contribution in [1.29, 1.82) is 0 Å². The van der Waals surface area contributed by atoms with Gasteiger partial charge in [0.2, 0.25) is 15.9 Å². The highest BCUT2D eigenvalue weighted by atomic mass is 32.2. The van der Waals surface area contributed by atoms with Gasteiger partial charge < -0.3 is 9.47 Å². The molecule has 7 nitrogen and oxygen atoms in total. The summed E-state index contributed by atoms with van der Waals surface area (Å²) in [6.45, 7) is 5.17. The van der Waals surface area contributed by atoms with E-state index in [1.165, 1.54) is 25.4 Å². The Balaban J connectivity index is 2.90. The van der Waals surface area contributed by atoms with Crippen molar-refractivity contribution in [3.05, 3.63) is 23.9 Å². The molecule has 0 aromatic carbocycles. The second kappa shape index (κ2) is 7.37. The lowest BCUT2D eigenvalue weighted by atomic mass is 10.2. The lowest BCUT2D eigenvalue weighted by molar-refractivity contribution is 0.0973. The number of sulfonamides is 1. The summed E-state index contributed by atoms with van der Waals surface area (Å²) in [6, 6.07) is 2.99. The fourth-order valence-corrected chi connectivity index (χ4v) is 2.73. The molecular weight excluding hydrogens is 296 g/mol. The number of carbonyl (C=O) groups excluding carboxylic acids is 1. The maximum absolute atomic E-state index is 12.1. The zero-order valence-electron chi connectivity index (χ0n) is 12.5. The van der Waals surface area contributed by atoms with E-state index in [4.69, 9.17) is 9.47 Å². The van der Waals surface area contributed by atoms with Crippen molar-refractivity contribution in [2.75, 3.05) is 12.9 Å². The molecule has 1 unspecified atom stereocenters. The molecular formula is C13H20N2O5S. The van der Waals surface area contributed by atoms with Crippen LogP contribution in [0.15, 0.2) is 18.3 Å². The van der Waals surface area contributed by atoms with Gasteiger partial charge in [0, 0.05) is 13.3 Å². The lowest BCUT2D eigenvalue weighted by Gasteiger charge is -2.14. The maximum atomic E-state index is 12.1. The molecule has 1 amide bonds. The minimum atomic E-state index is -3.79. The highest BCUT2D eigenvalue weighted by Gasteiger charge is 2.22. The van der Waals surface area contributed by atoms with E-state index in [9.17, 15) is 13.2 Å². The second-order valence-corrected chi connectivity index (χ2v) is 6.55. The Morgan fingerprint density at radius 2 is 2.05 bits per heavy atom. The molecule has 1 heterocycles. The van der Waals surface area contributed by atoms with Crippen molar-refractivity contribution >= 4 is 15.9 Å². The number of methoxy groups -OCH3 is 1. The number of pyridine rings is 1. The molecule has 0 aliphatic heterocycles. The Kier molecular flexibility index (Phi) is 6.10. The van der Waals surface area contributed by atoms with Crippen LogP contribution in [-0.2, 0) is 14.8 Å². The molecule has 1 atom stereocenters. The molecule has 1 N–H and O–H groups in total. The molecule has 0 saturated carbocycles. The van der Waals surface area contributed by atoms with Gasteiger partial charge in [-0.25, -0.2) is 18.1 Å². The van der Waals surface area contributed by atoms with E-state index in [0.29, 0.717) is 0 Å². The summed E-state index contributed by atoms with van der Waals surface area (Å²) in [5.74, 6) is -0.988. The van der Waals surface area contributed by atoms with Gasteiger partial charge in [-0.2, -0.15) is 0 Å². The smallest absolute Gasteiger partial charge is 0.270 e. The summed E-state index contributed by atoms with van der Waals surface area (Å²) in [7, 11) is -2.39. The van der Waals surface area contributed by atoms with E-state index in [1.54, 1.807) is 20.8 Å². The van der Waals surface area contributed by atoms with Crippen LogP contribution in [0.3, 0.4) is 0 Å². The number of nitrogens with one attached hydrogen (secondary N) is 1. The third-order valence-corrected chi connectivity index (χ3v) is 3.87. The normalized spacial score (nSPS) is 13.0. The largest absolute Gasteiger partial charge is 0.474 e. The zero-order chi connectivity index (χ0) is 16.0. The van der Waals surface area contributed by atoms with Gasteiger partial charge in [0.05, 0.1) is 18.0 Å². The highest BCUT2D eigenvalue weighted by molar-refractivity contribution is 7.90. The van der Waals surface area contributed by atoms with E-state index in [1.807, 2.05) is 4.72 Å². The average Bonchev–Trinajstić information content (AvgIpc) is 2.37. The third-order valence-electron chi connectivity index (χ3n) is 2.47. The van der Waals surface area contributed by atoms with Crippen molar-refractivity contribution in [3.8, 4) is 5.88 Å². The summed E-state index contributed by atoms with van der Waals surface area (Å²) in [4.78, 5) is 16.0. The highest BCUT2D eigenvalue weighted by Crippen LogP contribution is 2.16. The first kappa shape index (κ1) is 17.4. The summed E-state index contributed by atoms with van der Waals surface area (Å²) in [5.41, 5.74) is 0.0693. The Hall–Kier alpha value is -1.67. The summed E-state index contributed by atoms with van der Waals surface area (Å²) in [6.07, 6.45) is 0.767. The predicted molar refractivity (Wildman–Crippen MR) is 77.7 cm³/mol. The van der Waals surface area contributed by atoms with Gasteiger partial charge in [0.1, 0.15) is 5.56 Å². The average molecular weight is 316 g/mol. The summed E-state index contributed by atoms with van der Waals surface area (Å²) in [5, 5.41) is 0. The maximum Gasteiger partial charge on any atom is 0.270 e. The zero-order valence-corrected chi connectivity index (χ0v) is 13.3. The SMILES string of the molecule is COC(C)CS(=O)(=O)NC(=O)c1cccnc1OC(C)C. The Labute approximate surface area is 124 Å². The molecule has 118 valence electrons. The fourth-order valence-electron chi connectivity index (χ4n) is 1.50. The second-order valence-electron chi connectivity index (χ2n) is 4.78. The predicted octanol–water partition coefficient (Wildman–Crippen LogP) is 0.963. The topological polar surface area (TPSA) is 94.6 Å². The van der Waals surface area contributed by atoms with Crippen LogP contribution in [0.4, 0.5) is 0 Å². The van der Waals surface area contributed by atoms with Crippen molar-refractivity contribution in [3.63, 3.8) is 0 Å². The van der Waals surface area contributed by atoms with Gasteiger partial charge in [-0.15, -0.1) is 0 Å². The van der Waals surface area contributed by atoms with Crippen molar-refractivity contribution in [2.24, 2.45) is 0 Å². The van der Waals surface area contributed by atoms with Gasteiger partial charge in [0.25, 0.3) is 5.91 Å². The summed E-state index contributed by atoms with van der Waals surface area (Å²) >= 11 is 0. The number of hydrogen-bond acceptors (Lipinski definition) is 6. The van der Waals surface area contributed by atoms with Crippen molar-refractivity contribution in [1.82, 2.24) is 9.71 Å². The van der Waals surface area contributed by atoms with Crippen LogP contribution < -0.4 is 9.46 Å². The molecule has 1 aromatic rings. The molecule has 0 radical (unpaired) electrons. The number of ether oxygens (including phenoxy) is 2. The molecule has 0 saturated heterocycles. The van der Waals surface area contributed by atoms with Gasteiger partial charge in [-0.1, -0.05) is 0 Å². The third kappa shape index (κ3) is 5.68. The standard InChI is InChI=1S/C13H20N2O5S/c1-9(2)20-13-11(6-5-7-14-13)12(16)15-21(17,18)8-10(3)19-4/h5-7,9-10H,8H2,1-4H3,(H,15,16). The van der Waals surface area contributed by atoms with Gasteiger partial charge in [-0.3, -0.25) is 4.79 Å². The molecule has 0 aliphatic carbocycles. The minimum Gasteiger partial charge on any atom is -0.474 e. The molecule has 0 bridgehead atoms. The van der Waals surface area contributed by atoms with E-state index in [0.717, 1.165) is 0 Å². The van der Waals surface area contributed by atoms with E-state index < -0.39 is 22.0 Å². The Morgan fingerprint density at radius 1 is 1.38 bits per heavy atom. The number of amides is 1. The quantitative estimate of drug-likeness (QED) is 0.805. The Bertz CT molecular complexity index is 586. The van der Waals surface area contributed by atoms with Gasteiger partial charge >= 0.3 is 0 Å². The van der Waals surface area contributed by atoms with Crippen LogP contribution in [0.2, 0.25) is 0 Å². The van der Waals surface area contributed by atoms with Gasteiger partial charge in [0.15, 0.2) is 0 Å². The molecule has 0 spiro atoms. The van der Waals surface area contributed by atoms with E-state index in [2.05, 4.69) is 4.98 Å². The number of hydrogen-bond donors (Lipinski definition) is 1. The van der Waals surface area contributed by atoms with E-state index >= 15 is 0 Å². The van der Waals surface area contributed by atoms with Crippen molar-refractivity contribution < 1.29 is 22.7 Å². The van der Waals surface area contributed by atoms with Crippen LogP contribution in [0, 0.1) is 0 Å². The van der Waals surface area contributed by atoms with Crippen LogP contribution in [0.5, 0.6) is 5.88 Å². The Morgan fingerprint density at radius 3 is 2.62 bits per heavy atom. The fraction of sp³-hybridized carbons (Fsp3) is 0.538. The summed E-state index contributed by atoms with van der Waals surface area (Å²) < 4.78 is 35.9. The molecule has 1 rings (SSSR count). The van der Waals surface area contributed by atoms with Crippen LogP contribution >= 0.6 is 0 Å². The molecule has 1 aromatic heterocycles. The van der Waals surface area contributed by atoms with Crippen LogP contribution in [0.25, 0.3) is 0 Å². The number of nitrogens with zero attached hydrogens (tertiary/aromatic N) is 1. The number of carbonyl (C=O) groups is 1. The number of aromatic nitrogens is 1. The van der Waals surface area contributed by atoms with Gasteiger partial charge in [-0.05, 0) is 32.9 Å².